The van der Waals surface area contributed by atoms with E-state index in [-0.39, 0.29) is 35.3 Å². The highest BCUT2D eigenvalue weighted by atomic mass is 35.5. The second kappa shape index (κ2) is 8.39. The molecular weight excluding hydrogens is 421 g/mol. The Morgan fingerprint density at radius 3 is 2.39 bits per heavy atom. The average Bonchev–Trinajstić information content (AvgIpc) is 3.06. The molecule has 10 heteroatoms. The van der Waals surface area contributed by atoms with Crippen molar-refractivity contribution in [2.75, 3.05) is 5.32 Å². The van der Waals surface area contributed by atoms with Crippen molar-refractivity contribution in [2.45, 2.75) is 57.7 Å². The summed E-state index contributed by atoms with van der Waals surface area (Å²) in [6, 6.07) is 5.12. The zero-order chi connectivity index (χ0) is 21.5. The Morgan fingerprint density at radius 2 is 1.84 bits per heavy atom. The van der Waals surface area contributed by atoms with E-state index in [9.17, 15) is 9.50 Å². The van der Waals surface area contributed by atoms with Gasteiger partial charge in [-0.25, -0.2) is 14.1 Å². The summed E-state index contributed by atoms with van der Waals surface area (Å²) >= 11 is 0. The van der Waals surface area contributed by atoms with Gasteiger partial charge in [-0.1, -0.05) is 0 Å². The van der Waals surface area contributed by atoms with Gasteiger partial charge >= 0.3 is 0 Å². The summed E-state index contributed by atoms with van der Waals surface area (Å²) in [5.41, 5.74) is 1.50. The van der Waals surface area contributed by atoms with Crippen LogP contribution in [0.1, 0.15) is 40.5 Å². The minimum absolute atomic E-state index is 0. The molecule has 4 rings (SSSR count). The number of aromatic nitrogens is 5. The zero-order valence-electron chi connectivity index (χ0n) is 17.9. The molecule has 0 atom stereocenters. The molecule has 2 aromatic heterocycles. The fourth-order valence-electron chi connectivity index (χ4n) is 4.39. The molecule has 3 aromatic rings. The van der Waals surface area contributed by atoms with Crippen LogP contribution >= 0.6 is 12.4 Å². The van der Waals surface area contributed by atoms with Crippen LogP contribution in [0.15, 0.2) is 36.8 Å². The molecule has 0 unspecified atom stereocenters. The lowest BCUT2D eigenvalue weighted by Gasteiger charge is -2.46. The molecule has 1 aliphatic heterocycles. The van der Waals surface area contributed by atoms with Crippen molar-refractivity contribution in [3.05, 3.63) is 42.6 Å². The molecule has 1 fully saturated rings. The van der Waals surface area contributed by atoms with E-state index in [0.29, 0.717) is 22.9 Å². The van der Waals surface area contributed by atoms with E-state index >= 15 is 0 Å². The van der Waals surface area contributed by atoms with Crippen LogP contribution in [0.2, 0.25) is 0 Å². The van der Waals surface area contributed by atoms with Gasteiger partial charge in [0.2, 0.25) is 5.95 Å². The monoisotopic (exact) mass is 447 g/mol. The van der Waals surface area contributed by atoms with Crippen molar-refractivity contribution in [1.82, 2.24) is 30.3 Å². The third-order valence-corrected chi connectivity index (χ3v) is 5.16. The van der Waals surface area contributed by atoms with Crippen LogP contribution in [-0.4, -0.2) is 47.2 Å². The molecule has 1 aliphatic rings. The van der Waals surface area contributed by atoms with Crippen LogP contribution < -0.4 is 10.6 Å². The summed E-state index contributed by atoms with van der Waals surface area (Å²) in [5.74, 6) is -0.000286. The summed E-state index contributed by atoms with van der Waals surface area (Å²) in [6.45, 7) is 8.76. The van der Waals surface area contributed by atoms with Crippen molar-refractivity contribution < 1.29 is 9.50 Å². The average molecular weight is 448 g/mol. The minimum Gasteiger partial charge on any atom is -0.507 e. The van der Waals surface area contributed by atoms with Crippen LogP contribution in [0.3, 0.4) is 0 Å². The lowest BCUT2D eigenvalue weighted by Crippen LogP contribution is -2.60. The van der Waals surface area contributed by atoms with Gasteiger partial charge in [0.05, 0.1) is 24.3 Å². The van der Waals surface area contributed by atoms with Crippen LogP contribution in [0, 0.1) is 5.82 Å². The number of aromatic hydroxyl groups is 1. The minimum atomic E-state index is -0.447. The molecule has 1 aromatic carbocycles. The van der Waals surface area contributed by atoms with E-state index in [4.69, 9.17) is 0 Å². The molecule has 3 heterocycles. The van der Waals surface area contributed by atoms with Gasteiger partial charge in [0, 0.05) is 28.7 Å². The van der Waals surface area contributed by atoms with Crippen molar-refractivity contribution >= 4 is 18.4 Å². The van der Waals surface area contributed by atoms with Gasteiger partial charge in [0.25, 0.3) is 0 Å². The molecule has 31 heavy (non-hydrogen) atoms. The van der Waals surface area contributed by atoms with Crippen molar-refractivity contribution in [3.63, 3.8) is 0 Å². The number of halogens is 2. The highest BCUT2D eigenvalue weighted by molar-refractivity contribution is 5.85. The number of benzene rings is 1. The molecule has 0 saturated carbocycles. The molecule has 3 N–H and O–H groups in total. The third kappa shape index (κ3) is 5.29. The molecule has 1 saturated heterocycles. The maximum Gasteiger partial charge on any atom is 0.242 e. The van der Waals surface area contributed by atoms with Crippen LogP contribution in [0.25, 0.3) is 16.9 Å². The van der Waals surface area contributed by atoms with E-state index in [1.807, 2.05) is 0 Å². The number of hydrogen-bond donors (Lipinski definition) is 3. The normalized spacial score (nSPS) is 17.7. The number of rotatable bonds is 4. The van der Waals surface area contributed by atoms with Gasteiger partial charge in [0.15, 0.2) is 5.82 Å². The fourth-order valence-corrected chi connectivity index (χ4v) is 4.39. The summed E-state index contributed by atoms with van der Waals surface area (Å²) in [6.07, 6.45) is 5.81. The predicted octanol–water partition coefficient (Wildman–Crippen LogP) is 3.71. The molecule has 0 aliphatic carbocycles. The molecule has 166 valence electrons. The first-order chi connectivity index (χ1) is 14.1. The number of nitrogens with zero attached hydrogens (tertiary/aromatic N) is 5. The van der Waals surface area contributed by atoms with Crippen molar-refractivity contribution in [1.29, 1.82) is 0 Å². The number of phenolic OH excluding ortho intramolecular Hbond substituents is 1. The zero-order valence-corrected chi connectivity index (χ0v) is 18.7. The Labute approximate surface area is 186 Å². The Morgan fingerprint density at radius 1 is 1.13 bits per heavy atom. The van der Waals surface area contributed by atoms with Gasteiger partial charge < -0.3 is 15.7 Å². The van der Waals surface area contributed by atoms with E-state index < -0.39 is 5.82 Å². The summed E-state index contributed by atoms with van der Waals surface area (Å²) in [4.78, 5) is 4.39. The fraction of sp³-hybridized carbons (Fsp3) is 0.429. The van der Waals surface area contributed by atoms with E-state index in [1.165, 1.54) is 16.9 Å². The number of hydrogen-bond acceptors (Lipinski definition) is 7. The highest BCUT2D eigenvalue weighted by Gasteiger charge is 2.37. The highest BCUT2D eigenvalue weighted by Crippen LogP contribution is 2.31. The SMILES string of the molecule is CC1(C)CC(Nc2ncc(-c3ccc(-n4cc(F)cn4)cc3O)nn2)CC(C)(C)N1.Cl. The van der Waals surface area contributed by atoms with Gasteiger partial charge in [-0.2, -0.15) is 5.10 Å². The lowest BCUT2D eigenvalue weighted by atomic mass is 9.80. The maximum absolute atomic E-state index is 13.2. The molecular formula is C21H27ClFN7O. The quantitative estimate of drug-likeness (QED) is 0.560. The maximum atomic E-state index is 13.2. The standard InChI is InChI=1S/C21H26FN7O.ClH/c1-20(2)8-14(9-21(3,4)28-20)25-19-23-11-17(26-27-19)16-6-5-15(7-18(16)30)29-12-13(22)10-24-29;/h5-7,10-12,14,28,30H,8-9H2,1-4H3,(H,23,25,27);1H. The number of nitrogens with one attached hydrogen (secondary N) is 2. The summed E-state index contributed by atoms with van der Waals surface area (Å²) in [5, 5.41) is 29.8. The van der Waals surface area contributed by atoms with E-state index in [2.05, 4.69) is 58.6 Å². The Hall–Kier alpha value is -2.78. The Bertz CT molecular complexity index is 1040. The third-order valence-electron chi connectivity index (χ3n) is 5.16. The van der Waals surface area contributed by atoms with Crippen LogP contribution in [-0.2, 0) is 0 Å². The van der Waals surface area contributed by atoms with E-state index in [1.54, 1.807) is 18.3 Å². The molecule has 0 amide bonds. The molecule has 8 nitrogen and oxygen atoms in total. The van der Waals surface area contributed by atoms with Crippen LogP contribution in [0.4, 0.5) is 10.3 Å². The number of anilines is 1. The lowest BCUT2D eigenvalue weighted by molar-refractivity contribution is 0.170. The van der Waals surface area contributed by atoms with Crippen molar-refractivity contribution in [2.24, 2.45) is 0 Å². The topological polar surface area (TPSA) is 101 Å². The Kier molecular flexibility index (Phi) is 6.20. The van der Waals surface area contributed by atoms with Gasteiger partial charge in [0.1, 0.15) is 11.4 Å². The second-order valence-corrected chi connectivity index (χ2v) is 9.11. The first-order valence-electron chi connectivity index (χ1n) is 9.90. The van der Waals surface area contributed by atoms with Gasteiger partial charge in [-0.15, -0.1) is 22.6 Å². The number of phenols is 1. The first-order valence-corrected chi connectivity index (χ1v) is 9.90. The van der Waals surface area contributed by atoms with E-state index in [0.717, 1.165) is 19.0 Å². The summed E-state index contributed by atoms with van der Waals surface area (Å²) in [7, 11) is 0. The Balaban J connectivity index is 0.00000272. The largest absolute Gasteiger partial charge is 0.507 e. The van der Waals surface area contributed by atoms with Crippen LogP contribution in [0.5, 0.6) is 5.75 Å². The second-order valence-electron chi connectivity index (χ2n) is 9.11. The van der Waals surface area contributed by atoms with Gasteiger partial charge in [-0.3, -0.25) is 0 Å². The van der Waals surface area contributed by atoms with Crippen molar-refractivity contribution in [3.8, 4) is 22.7 Å². The first kappa shape index (κ1) is 22.9. The molecule has 0 radical (unpaired) electrons. The molecule has 0 bridgehead atoms. The predicted molar refractivity (Wildman–Crippen MR) is 119 cm³/mol. The smallest absolute Gasteiger partial charge is 0.242 e. The number of piperidine rings is 1. The summed E-state index contributed by atoms with van der Waals surface area (Å²) < 4.78 is 14.5. The molecule has 0 spiro atoms. The van der Waals surface area contributed by atoms with Gasteiger partial charge in [-0.05, 0) is 52.7 Å².